The van der Waals surface area contributed by atoms with E-state index in [2.05, 4.69) is 26.1 Å². The van der Waals surface area contributed by atoms with Gasteiger partial charge in [-0.1, -0.05) is 24.9 Å². The molecule has 0 fully saturated rings. The summed E-state index contributed by atoms with van der Waals surface area (Å²) >= 11 is 7.39. The molecule has 106 valence electrons. The summed E-state index contributed by atoms with van der Waals surface area (Å²) in [7, 11) is 0. The van der Waals surface area contributed by atoms with Crippen LogP contribution in [0.2, 0.25) is 5.02 Å². The fourth-order valence-corrected chi connectivity index (χ4v) is 2.89. The third-order valence-corrected chi connectivity index (χ3v) is 4.20. The normalized spacial score (nSPS) is 13.1. The number of hydrogen-bond acceptors (Lipinski definition) is 2. The van der Waals surface area contributed by atoms with Gasteiger partial charge in [0.2, 0.25) is 5.91 Å². The Labute approximate surface area is 125 Å². The molecule has 0 heterocycles. The average molecular weight is 300 g/mol. The van der Waals surface area contributed by atoms with Gasteiger partial charge in [-0.15, -0.1) is 11.8 Å². The van der Waals surface area contributed by atoms with Gasteiger partial charge in [0.05, 0.1) is 5.25 Å². The minimum absolute atomic E-state index is 0.0819. The zero-order valence-corrected chi connectivity index (χ0v) is 13.6. The number of rotatable bonds is 6. The highest BCUT2D eigenvalue weighted by atomic mass is 35.5. The first-order valence-electron chi connectivity index (χ1n) is 6.58. The zero-order valence-electron chi connectivity index (χ0n) is 12.0. The largest absolute Gasteiger partial charge is 0.350 e. The molecule has 0 aliphatic carbocycles. The Bertz CT molecular complexity index is 417. The number of nitrogens with one attached hydrogen (secondary N) is 1. The van der Waals surface area contributed by atoms with E-state index >= 15 is 0 Å². The molecule has 1 N–H and O–H groups in total. The quantitative estimate of drug-likeness (QED) is 0.783. The monoisotopic (exact) mass is 299 g/mol. The molecule has 1 rings (SSSR count). The number of halogens is 1. The lowest BCUT2D eigenvalue weighted by Crippen LogP contribution is -2.46. The fraction of sp³-hybridized carbons (Fsp3) is 0.533. The summed E-state index contributed by atoms with van der Waals surface area (Å²) < 4.78 is 0. The van der Waals surface area contributed by atoms with Crippen molar-refractivity contribution in [3.8, 4) is 0 Å². The predicted octanol–water partition coefficient (Wildman–Crippen LogP) is 4.52. The molecule has 1 aromatic rings. The van der Waals surface area contributed by atoms with Gasteiger partial charge in [-0.05, 0) is 51.5 Å². The van der Waals surface area contributed by atoms with E-state index in [1.165, 1.54) is 0 Å². The SMILES string of the molecule is CCCC(C)(C)NC(=O)C(C)Sc1ccc(Cl)cc1. The van der Waals surface area contributed by atoms with E-state index in [1.54, 1.807) is 11.8 Å². The maximum atomic E-state index is 12.1. The number of benzene rings is 1. The van der Waals surface area contributed by atoms with E-state index in [0.717, 1.165) is 17.7 Å². The van der Waals surface area contributed by atoms with Crippen molar-refractivity contribution in [3.63, 3.8) is 0 Å². The number of thioether (sulfide) groups is 1. The molecule has 0 aliphatic heterocycles. The van der Waals surface area contributed by atoms with Crippen molar-refractivity contribution in [2.45, 2.75) is 56.2 Å². The topological polar surface area (TPSA) is 29.1 Å². The van der Waals surface area contributed by atoms with Crippen LogP contribution in [0, 0.1) is 0 Å². The molecular formula is C15H22ClNOS. The molecule has 4 heteroatoms. The Morgan fingerprint density at radius 2 is 1.95 bits per heavy atom. The molecule has 0 saturated carbocycles. The second-order valence-corrected chi connectivity index (χ2v) is 7.19. The molecule has 2 nitrogen and oxygen atoms in total. The highest BCUT2D eigenvalue weighted by molar-refractivity contribution is 8.00. The zero-order chi connectivity index (χ0) is 14.5. The molecule has 1 unspecified atom stereocenters. The van der Waals surface area contributed by atoms with Gasteiger partial charge in [0, 0.05) is 15.5 Å². The molecular weight excluding hydrogens is 278 g/mol. The number of carbonyl (C=O) groups excluding carboxylic acids is 1. The first kappa shape index (κ1) is 16.4. The molecule has 0 saturated heterocycles. The first-order valence-corrected chi connectivity index (χ1v) is 7.84. The van der Waals surface area contributed by atoms with Crippen LogP contribution in [0.15, 0.2) is 29.2 Å². The lowest BCUT2D eigenvalue weighted by Gasteiger charge is -2.27. The van der Waals surface area contributed by atoms with Crippen LogP contribution in [0.4, 0.5) is 0 Å². The highest BCUT2D eigenvalue weighted by Gasteiger charge is 2.23. The Kier molecular flexibility index (Phi) is 6.21. The Morgan fingerprint density at radius 1 is 1.37 bits per heavy atom. The molecule has 1 amide bonds. The maximum absolute atomic E-state index is 12.1. The summed E-state index contributed by atoms with van der Waals surface area (Å²) in [6.07, 6.45) is 2.04. The molecule has 1 aromatic carbocycles. The van der Waals surface area contributed by atoms with Crippen LogP contribution in [0.3, 0.4) is 0 Å². The highest BCUT2D eigenvalue weighted by Crippen LogP contribution is 2.25. The maximum Gasteiger partial charge on any atom is 0.233 e. The summed E-state index contributed by atoms with van der Waals surface area (Å²) in [5.41, 5.74) is -0.138. The third kappa shape index (κ3) is 5.87. The van der Waals surface area contributed by atoms with Gasteiger partial charge < -0.3 is 5.32 Å². The minimum atomic E-state index is -0.138. The Hall–Kier alpha value is -0.670. The second-order valence-electron chi connectivity index (χ2n) is 5.34. The van der Waals surface area contributed by atoms with Crippen LogP contribution in [0.25, 0.3) is 0 Å². The van der Waals surface area contributed by atoms with E-state index in [4.69, 9.17) is 11.6 Å². The Balaban J connectivity index is 2.55. The summed E-state index contributed by atoms with van der Waals surface area (Å²) in [5.74, 6) is 0.0819. The molecule has 0 bridgehead atoms. The van der Waals surface area contributed by atoms with Crippen molar-refractivity contribution in [1.82, 2.24) is 5.32 Å². The summed E-state index contributed by atoms with van der Waals surface area (Å²) in [5, 5.41) is 3.70. The van der Waals surface area contributed by atoms with Crippen molar-refractivity contribution in [2.24, 2.45) is 0 Å². The van der Waals surface area contributed by atoms with Gasteiger partial charge in [0.1, 0.15) is 0 Å². The minimum Gasteiger partial charge on any atom is -0.350 e. The summed E-state index contributed by atoms with van der Waals surface area (Å²) in [4.78, 5) is 13.2. The predicted molar refractivity (Wildman–Crippen MR) is 83.9 cm³/mol. The van der Waals surface area contributed by atoms with E-state index < -0.39 is 0 Å². The lowest BCUT2D eigenvalue weighted by molar-refractivity contribution is -0.121. The number of carbonyl (C=O) groups is 1. The van der Waals surface area contributed by atoms with Gasteiger partial charge in [-0.2, -0.15) is 0 Å². The van der Waals surface area contributed by atoms with Gasteiger partial charge in [-0.3, -0.25) is 4.79 Å². The number of hydrogen-bond donors (Lipinski definition) is 1. The van der Waals surface area contributed by atoms with Gasteiger partial charge >= 0.3 is 0 Å². The van der Waals surface area contributed by atoms with Gasteiger partial charge in [-0.25, -0.2) is 0 Å². The molecule has 0 spiro atoms. The van der Waals surface area contributed by atoms with Crippen molar-refractivity contribution in [3.05, 3.63) is 29.3 Å². The molecule has 0 aromatic heterocycles. The van der Waals surface area contributed by atoms with Crippen molar-refractivity contribution < 1.29 is 4.79 Å². The number of amides is 1. The second kappa shape index (κ2) is 7.20. The first-order chi connectivity index (χ1) is 8.84. The summed E-state index contributed by atoms with van der Waals surface area (Å²) in [6, 6.07) is 7.56. The van der Waals surface area contributed by atoms with Crippen molar-refractivity contribution in [1.29, 1.82) is 0 Å². The van der Waals surface area contributed by atoms with Crippen molar-refractivity contribution >= 4 is 29.3 Å². The standard InChI is InChI=1S/C15H22ClNOS/c1-5-10-15(3,4)17-14(18)11(2)19-13-8-6-12(16)7-9-13/h6-9,11H,5,10H2,1-4H3,(H,17,18). The van der Waals surface area contributed by atoms with Gasteiger partial charge in [0.15, 0.2) is 0 Å². The molecule has 1 atom stereocenters. The summed E-state index contributed by atoms with van der Waals surface area (Å²) in [6.45, 7) is 8.18. The fourth-order valence-electron chi connectivity index (χ4n) is 1.89. The van der Waals surface area contributed by atoms with Crippen LogP contribution >= 0.6 is 23.4 Å². The van der Waals surface area contributed by atoms with Crippen LogP contribution in [0.1, 0.15) is 40.5 Å². The van der Waals surface area contributed by atoms with E-state index in [-0.39, 0.29) is 16.7 Å². The van der Waals surface area contributed by atoms with Crippen LogP contribution in [-0.2, 0) is 4.79 Å². The van der Waals surface area contributed by atoms with E-state index in [0.29, 0.717) is 5.02 Å². The van der Waals surface area contributed by atoms with Crippen LogP contribution in [-0.4, -0.2) is 16.7 Å². The van der Waals surface area contributed by atoms with E-state index in [9.17, 15) is 4.79 Å². The molecule has 0 aliphatic rings. The molecule has 19 heavy (non-hydrogen) atoms. The average Bonchev–Trinajstić information content (AvgIpc) is 2.31. The van der Waals surface area contributed by atoms with Crippen molar-refractivity contribution in [2.75, 3.05) is 0 Å². The van der Waals surface area contributed by atoms with Gasteiger partial charge in [0.25, 0.3) is 0 Å². The van der Waals surface area contributed by atoms with E-state index in [1.807, 2.05) is 31.2 Å². The molecule has 0 radical (unpaired) electrons. The Morgan fingerprint density at radius 3 is 2.47 bits per heavy atom. The lowest BCUT2D eigenvalue weighted by atomic mass is 9.99. The van der Waals surface area contributed by atoms with Crippen LogP contribution < -0.4 is 5.32 Å². The third-order valence-electron chi connectivity index (χ3n) is 2.83. The smallest absolute Gasteiger partial charge is 0.233 e. The van der Waals surface area contributed by atoms with Crippen LogP contribution in [0.5, 0.6) is 0 Å².